The lowest BCUT2D eigenvalue weighted by molar-refractivity contribution is -0.144. The molecule has 3 heterocycles. The molecule has 3 aromatic carbocycles. The second-order valence-corrected chi connectivity index (χ2v) is 11.8. The molecule has 6 rings (SSSR count). The summed E-state index contributed by atoms with van der Waals surface area (Å²) in [4.78, 5) is 39.1. The molecule has 8 heteroatoms. The topological polar surface area (TPSA) is 70.9 Å². The molecule has 232 valence electrons. The van der Waals surface area contributed by atoms with Gasteiger partial charge in [0.05, 0.1) is 25.1 Å². The van der Waals surface area contributed by atoms with E-state index in [1.807, 2.05) is 59.8 Å². The van der Waals surface area contributed by atoms with Crippen molar-refractivity contribution >= 4 is 23.6 Å². The number of nitrogens with zero attached hydrogens (tertiary/aromatic N) is 5. The molecule has 45 heavy (non-hydrogen) atoms. The van der Waals surface area contributed by atoms with E-state index < -0.39 is 6.04 Å². The van der Waals surface area contributed by atoms with E-state index in [0.29, 0.717) is 26.1 Å². The number of carbonyl (C=O) groups excluding carboxylic acids is 2. The van der Waals surface area contributed by atoms with Gasteiger partial charge in [0.2, 0.25) is 11.8 Å². The number of fused-ring (bicyclic) bond motifs is 1. The molecule has 4 aromatic rings. The predicted octanol–water partition coefficient (Wildman–Crippen LogP) is 4.80. The van der Waals surface area contributed by atoms with Crippen molar-refractivity contribution in [2.24, 2.45) is 7.05 Å². The summed E-state index contributed by atoms with van der Waals surface area (Å²) < 4.78 is 7.46. The van der Waals surface area contributed by atoms with Crippen LogP contribution in [0.25, 0.3) is 6.08 Å². The number of aryl methyl sites for hydroxylation is 1. The average molecular weight is 604 g/mol. The minimum Gasteiger partial charge on any atom is -0.378 e. The Morgan fingerprint density at radius 3 is 2.33 bits per heavy atom. The van der Waals surface area contributed by atoms with E-state index in [1.165, 1.54) is 11.1 Å². The number of ether oxygens (including phenoxy) is 1. The maximum Gasteiger partial charge on any atom is 0.247 e. The minimum absolute atomic E-state index is 0.0311. The third kappa shape index (κ3) is 7.18. The Morgan fingerprint density at radius 1 is 0.911 bits per heavy atom. The summed E-state index contributed by atoms with van der Waals surface area (Å²) in [6, 6.07) is 26.0. The summed E-state index contributed by atoms with van der Waals surface area (Å²) in [7, 11) is 1.93. The van der Waals surface area contributed by atoms with Crippen LogP contribution < -0.4 is 4.90 Å². The number of morpholine rings is 1. The molecule has 0 radical (unpaired) electrons. The number of benzene rings is 3. The fraction of sp³-hybridized carbons (Fsp3) is 0.324. The van der Waals surface area contributed by atoms with Crippen molar-refractivity contribution in [2.75, 3.05) is 37.7 Å². The van der Waals surface area contributed by atoms with Crippen molar-refractivity contribution in [1.29, 1.82) is 0 Å². The second kappa shape index (κ2) is 13.9. The number of aromatic nitrogens is 2. The minimum atomic E-state index is -0.679. The van der Waals surface area contributed by atoms with Crippen LogP contribution in [0, 0.1) is 6.92 Å². The van der Waals surface area contributed by atoms with Crippen molar-refractivity contribution in [2.45, 2.75) is 38.9 Å². The number of hydrogen-bond acceptors (Lipinski definition) is 5. The standard InChI is InChI=1S/C37H41N5O3/c1-28-38-25-34(39(28)2)16-17-36(43)42(26-30-12-14-33(15-13-30)40-20-22-45-23-21-40)35(24-29-8-4-3-5-9-29)37(44)41-19-18-31-10-6-7-11-32(31)27-41/h3-17,25,35H,18-24,26-27H2,1-2H3/t35-/m0/s1. The Hall–Kier alpha value is -4.69. The largest absolute Gasteiger partial charge is 0.378 e. The van der Waals surface area contributed by atoms with Gasteiger partial charge in [-0.2, -0.15) is 0 Å². The van der Waals surface area contributed by atoms with Gasteiger partial charge in [0.1, 0.15) is 11.9 Å². The molecule has 1 saturated heterocycles. The van der Waals surface area contributed by atoms with Gasteiger partial charge in [0, 0.05) is 58.0 Å². The fourth-order valence-electron chi connectivity index (χ4n) is 6.16. The highest BCUT2D eigenvalue weighted by Crippen LogP contribution is 2.24. The van der Waals surface area contributed by atoms with Crippen LogP contribution in [-0.2, 0) is 47.3 Å². The van der Waals surface area contributed by atoms with Crippen LogP contribution in [0.5, 0.6) is 0 Å². The van der Waals surface area contributed by atoms with E-state index in [4.69, 9.17) is 4.74 Å². The van der Waals surface area contributed by atoms with Crippen molar-refractivity contribution < 1.29 is 14.3 Å². The van der Waals surface area contributed by atoms with Gasteiger partial charge in [-0.15, -0.1) is 0 Å². The van der Waals surface area contributed by atoms with Crippen LogP contribution in [0.3, 0.4) is 0 Å². The highest BCUT2D eigenvalue weighted by Gasteiger charge is 2.34. The number of imidazole rings is 1. The Kier molecular flexibility index (Phi) is 9.41. The van der Waals surface area contributed by atoms with Crippen LogP contribution in [0.2, 0.25) is 0 Å². The van der Waals surface area contributed by atoms with Gasteiger partial charge in [-0.25, -0.2) is 4.98 Å². The summed E-state index contributed by atoms with van der Waals surface area (Å²) in [6.07, 6.45) is 6.35. The molecule has 0 saturated carbocycles. The molecule has 0 bridgehead atoms. The molecular weight excluding hydrogens is 562 g/mol. The quantitative estimate of drug-likeness (QED) is 0.257. The Morgan fingerprint density at radius 2 is 1.62 bits per heavy atom. The summed E-state index contributed by atoms with van der Waals surface area (Å²) in [5.41, 5.74) is 6.40. The van der Waals surface area contributed by atoms with Gasteiger partial charge >= 0.3 is 0 Å². The van der Waals surface area contributed by atoms with Gasteiger partial charge in [-0.05, 0) is 53.8 Å². The van der Waals surface area contributed by atoms with Crippen LogP contribution in [0.15, 0.2) is 91.1 Å². The van der Waals surface area contributed by atoms with Crippen molar-refractivity contribution in [1.82, 2.24) is 19.4 Å². The number of hydrogen-bond donors (Lipinski definition) is 0. The van der Waals surface area contributed by atoms with E-state index in [1.54, 1.807) is 23.2 Å². The third-order valence-corrected chi connectivity index (χ3v) is 8.98. The molecular formula is C37H41N5O3. The number of carbonyl (C=O) groups is 2. The van der Waals surface area contributed by atoms with Gasteiger partial charge in [-0.3, -0.25) is 9.59 Å². The first-order valence-electron chi connectivity index (χ1n) is 15.7. The number of rotatable bonds is 9. The van der Waals surface area contributed by atoms with Gasteiger partial charge < -0.3 is 24.0 Å². The van der Waals surface area contributed by atoms with Crippen molar-refractivity contribution in [3.63, 3.8) is 0 Å². The van der Waals surface area contributed by atoms with Crippen LogP contribution in [0.4, 0.5) is 5.69 Å². The second-order valence-electron chi connectivity index (χ2n) is 11.8. The normalized spacial score (nSPS) is 15.6. The molecule has 1 aromatic heterocycles. The molecule has 2 aliphatic rings. The van der Waals surface area contributed by atoms with Crippen LogP contribution in [0.1, 0.15) is 33.8 Å². The Labute approximate surface area is 265 Å². The molecule has 0 aliphatic carbocycles. The lowest BCUT2D eigenvalue weighted by Crippen LogP contribution is -2.52. The van der Waals surface area contributed by atoms with Gasteiger partial charge in [0.25, 0.3) is 0 Å². The maximum absolute atomic E-state index is 14.5. The zero-order valence-corrected chi connectivity index (χ0v) is 26.1. The molecule has 1 atom stereocenters. The number of anilines is 1. The van der Waals surface area contributed by atoms with Crippen LogP contribution in [-0.4, -0.2) is 70.1 Å². The summed E-state index contributed by atoms with van der Waals surface area (Å²) in [5, 5.41) is 0. The SMILES string of the molecule is Cc1ncc(C=CC(=O)N(Cc2ccc(N3CCOCC3)cc2)[C@@H](Cc2ccccc2)C(=O)N2CCc3ccccc3C2)n1C. The Balaban J connectivity index is 1.33. The molecule has 2 amide bonds. The average Bonchev–Trinajstić information content (AvgIpc) is 3.41. The van der Waals surface area contributed by atoms with E-state index >= 15 is 0 Å². The Bertz CT molecular complexity index is 1640. The highest BCUT2D eigenvalue weighted by molar-refractivity contribution is 5.95. The lowest BCUT2D eigenvalue weighted by atomic mass is 9.97. The first kappa shape index (κ1) is 30.3. The monoisotopic (exact) mass is 603 g/mol. The summed E-state index contributed by atoms with van der Waals surface area (Å²) in [6.45, 7) is 6.56. The number of amides is 2. The highest BCUT2D eigenvalue weighted by atomic mass is 16.5. The van der Waals surface area contributed by atoms with Crippen molar-refractivity contribution in [3.8, 4) is 0 Å². The molecule has 2 aliphatic heterocycles. The lowest BCUT2D eigenvalue weighted by Gasteiger charge is -2.37. The molecule has 0 unspecified atom stereocenters. The molecule has 1 fully saturated rings. The van der Waals surface area contributed by atoms with E-state index in [9.17, 15) is 9.59 Å². The van der Waals surface area contributed by atoms with Gasteiger partial charge in [-0.1, -0.05) is 66.7 Å². The van der Waals surface area contributed by atoms with Crippen LogP contribution >= 0.6 is 0 Å². The van der Waals surface area contributed by atoms with E-state index in [0.717, 1.165) is 61.1 Å². The van der Waals surface area contributed by atoms with Gasteiger partial charge in [0.15, 0.2) is 0 Å². The fourth-order valence-corrected chi connectivity index (χ4v) is 6.16. The third-order valence-electron chi connectivity index (χ3n) is 8.98. The molecule has 8 nitrogen and oxygen atoms in total. The maximum atomic E-state index is 14.5. The zero-order valence-electron chi connectivity index (χ0n) is 26.1. The van der Waals surface area contributed by atoms with Crippen molar-refractivity contribution in [3.05, 3.63) is 125 Å². The first-order chi connectivity index (χ1) is 22.0. The molecule has 0 spiro atoms. The van der Waals surface area contributed by atoms with E-state index in [-0.39, 0.29) is 11.8 Å². The van der Waals surface area contributed by atoms with E-state index in [2.05, 4.69) is 52.3 Å². The molecule has 0 N–H and O–H groups in total. The predicted molar refractivity (Wildman–Crippen MR) is 176 cm³/mol. The first-order valence-corrected chi connectivity index (χ1v) is 15.7. The summed E-state index contributed by atoms with van der Waals surface area (Å²) >= 11 is 0. The summed E-state index contributed by atoms with van der Waals surface area (Å²) in [5.74, 6) is 0.621. The smallest absolute Gasteiger partial charge is 0.247 e. The zero-order chi connectivity index (χ0) is 31.2.